The van der Waals surface area contributed by atoms with Crippen LogP contribution in [-0.2, 0) is 17.9 Å². The average molecular weight is 351 g/mol. The third-order valence-corrected chi connectivity index (χ3v) is 3.71. The molecule has 0 amide bonds. The molecule has 0 spiro atoms. The zero-order chi connectivity index (χ0) is 15.2. The van der Waals surface area contributed by atoms with Crippen LogP contribution < -0.4 is 5.32 Å². The van der Waals surface area contributed by atoms with E-state index in [2.05, 4.69) is 21.2 Å². The minimum Gasteiger partial charge on any atom is -0.380 e. The summed E-state index contributed by atoms with van der Waals surface area (Å²) in [6.07, 6.45) is 0. The van der Waals surface area contributed by atoms with E-state index in [0.717, 1.165) is 16.8 Å². The Morgan fingerprint density at radius 1 is 1.24 bits per heavy atom. The molecule has 6 heteroatoms. The fourth-order valence-electron chi connectivity index (χ4n) is 1.98. The summed E-state index contributed by atoms with van der Waals surface area (Å²) in [6, 6.07) is 12.7. The molecule has 21 heavy (non-hydrogen) atoms. The van der Waals surface area contributed by atoms with E-state index < -0.39 is 4.92 Å². The Bertz CT molecular complexity index is 647. The second-order valence-electron chi connectivity index (χ2n) is 4.48. The molecule has 0 unspecified atom stereocenters. The molecule has 2 aromatic carbocycles. The number of nitrogens with one attached hydrogen (secondary N) is 1. The molecule has 0 radical (unpaired) electrons. The fraction of sp³-hybridized carbons (Fsp3) is 0.200. The first-order valence-corrected chi connectivity index (χ1v) is 7.14. The summed E-state index contributed by atoms with van der Waals surface area (Å²) in [5, 5.41) is 14.0. The zero-order valence-corrected chi connectivity index (χ0v) is 13.1. The SMILES string of the molecule is COCc1ccccc1CNc1ccc([N+](=O)[O-])cc1Br. The molecular weight excluding hydrogens is 336 g/mol. The normalized spacial score (nSPS) is 10.4. The standard InChI is InChI=1S/C15H15BrN2O3/c1-21-10-12-5-3-2-4-11(12)9-17-15-7-6-13(18(19)20)8-14(15)16/h2-8,17H,9-10H2,1H3. The maximum absolute atomic E-state index is 10.7. The maximum atomic E-state index is 10.7. The van der Waals surface area contributed by atoms with E-state index in [1.54, 1.807) is 13.2 Å². The number of non-ortho nitro benzene ring substituents is 1. The van der Waals surface area contributed by atoms with Crippen LogP contribution in [0.3, 0.4) is 0 Å². The molecule has 2 rings (SSSR count). The summed E-state index contributed by atoms with van der Waals surface area (Å²) >= 11 is 3.35. The van der Waals surface area contributed by atoms with Gasteiger partial charge >= 0.3 is 0 Å². The highest BCUT2D eigenvalue weighted by Gasteiger charge is 2.09. The Kier molecular flexibility index (Phi) is 5.30. The Morgan fingerprint density at radius 3 is 2.57 bits per heavy atom. The number of anilines is 1. The smallest absolute Gasteiger partial charge is 0.270 e. The van der Waals surface area contributed by atoms with Gasteiger partial charge < -0.3 is 10.1 Å². The number of rotatable bonds is 6. The van der Waals surface area contributed by atoms with E-state index in [9.17, 15) is 10.1 Å². The van der Waals surface area contributed by atoms with E-state index >= 15 is 0 Å². The predicted octanol–water partition coefficient (Wildman–Crippen LogP) is 4.12. The van der Waals surface area contributed by atoms with Crippen LogP contribution in [0.2, 0.25) is 0 Å². The number of hydrogen-bond acceptors (Lipinski definition) is 4. The van der Waals surface area contributed by atoms with Crippen molar-refractivity contribution in [2.45, 2.75) is 13.2 Å². The average Bonchev–Trinajstić information content (AvgIpc) is 2.47. The van der Waals surface area contributed by atoms with Gasteiger partial charge in [0.05, 0.1) is 11.5 Å². The third-order valence-electron chi connectivity index (χ3n) is 3.05. The van der Waals surface area contributed by atoms with Crippen LogP contribution in [0, 0.1) is 10.1 Å². The van der Waals surface area contributed by atoms with Gasteiger partial charge in [0.2, 0.25) is 0 Å². The molecule has 0 bridgehead atoms. The number of ether oxygens (including phenoxy) is 1. The van der Waals surface area contributed by atoms with Crippen LogP contribution in [0.1, 0.15) is 11.1 Å². The van der Waals surface area contributed by atoms with E-state index in [0.29, 0.717) is 17.6 Å². The van der Waals surface area contributed by atoms with Crippen LogP contribution in [0.15, 0.2) is 46.9 Å². The molecule has 0 aromatic heterocycles. The minimum absolute atomic E-state index is 0.0622. The van der Waals surface area contributed by atoms with Crippen LogP contribution in [0.4, 0.5) is 11.4 Å². The fourth-order valence-corrected chi connectivity index (χ4v) is 2.48. The first kappa shape index (κ1) is 15.5. The van der Waals surface area contributed by atoms with E-state index in [1.807, 2.05) is 24.3 Å². The number of nitrogens with zero attached hydrogens (tertiary/aromatic N) is 1. The summed E-state index contributed by atoms with van der Waals surface area (Å²) in [5.41, 5.74) is 3.12. The summed E-state index contributed by atoms with van der Waals surface area (Å²) in [7, 11) is 1.66. The van der Waals surface area contributed by atoms with Crippen LogP contribution in [-0.4, -0.2) is 12.0 Å². The van der Waals surface area contributed by atoms with Crippen molar-refractivity contribution in [1.82, 2.24) is 0 Å². The number of methoxy groups -OCH3 is 1. The van der Waals surface area contributed by atoms with Gasteiger partial charge in [-0.1, -0.05) is 24.3 Å². The van der Waals surface area contributed by atoms with Gasteiger partial charge in [-0.15, -0.1) is 0 Å². The van der Waals surface area contributed by atoms with Crippen molar-refractivity contribution in [3.8, 4) is 0 Å². The van der Waals surface area contributed by atoms with Gasteiger partial charge in [-0.05, 0) is 33.1 Å². The van der Waals surface area contributed by atoms with Gasteiger partial charge in [-0.25, -0.2) is 0 Å². The Hall–Kier alpha value is -1.92. The number of hydrogen-bond donors (Lipinski definition) is 1. The molecular formula is C15H15BrN2O3. The van der Waals surface area contributed by atoms with E-state index in [1.165, 1.54) is 12.1 Å². The summed E-state index contributed by atoms with van der Waals surface area (Å²) in [6.45, 7) is 1.18. The minimum atomic E-state index is -0.414. The van der Waals surface area contributed by atoms with Crippen molar-refractivity contribution in [2.24, 2.45) is 0 Å². The summed E-state index contributed by atoms with van der Waals surface area (Å²) < 4.78 is 5.84. The van der Waals surface area contributed by atoms with Gasteiger partial charge in [-0.2, -0.15) is 0 Å². The number of benzene rings is 2. The first-order valence-electron chi connectivity index (χ1n) is 6.35. The highest BCUT2D eigenvalue weighted by molar-refractivity contribution is 9.10. The number of nitro groups is 1. The maximum Gasteiger partial charge on any atom is 0.270 e. The van der Waals surface area contributed by atoms with Crippen molar-refractivity contribution in [1.29, 1.82) is 0 Å². The lowest BCUT2D eigenvalue weighted by atomic mass is 10.1. The number of nitro benzene ring substituents is 1. The van der Waals surface area contributed by atoms with Crippen molar-refractivity contribution in [3.05, 3.63) is 68.2 Å². The molecule has 1 N–H and O–H groups in total. The molecule has 0 atom stereocenters. The molecule has 2 aromatic rings. The molecule has 110 valence electrons. The molecule has 0 saturated carbocycles. The molecule has 0 fully saturated rings. The summed E-state index contributed by atoms with van der Waals surface area (Å²) in [5.74, 6) is 0. The van der Waals surface area contributed by atoms with E-state index in [-0.39, 0.29) is 5.69 Å². The molecule has 0 aliphatic heterocycles. The molecule has 0 heterocycles. The van der Waals surface area contributed by atoms with Crippen molar-refractivity contribution in [3.63, 3.8) is 0 Å². The lowest BCUT2D eigenvalue weighted by molar-refractivity contribution is -0.384. The van der Waals surface area contributed by atoms with Crippen molar-refractivity contribution < 1.29 is 9.66 Å². The number of halogens is 1. The highest BCUT2D eigenvalue weighted by atomic mass is 79.9. The second-order valence-corrected chi connectivity index (χ2v) is 5.33. The quantitative estimate of drug-likeness (QED) is 0.628. The second kappa shape index (κ2) is 7.19. The Labute approximate surface area is 131 Å². The lowest BCUT2D eigenvalue weighted by Gasteiger charge is -2.12. The molecule has 0 aliphatic carbocycles. The van der Waals surface area contributed by atoms with Crippen molar-refractivity contribution in [2.75, 3.05) is 12.4 Å². The topological polar surface area (TPSA) is 64.4 Å². The molecule has 0 aliphatic rings. The van der Waals surface area contributed by atoms with Crippen LogP contribution >= 0.6 is 15.9 Å². The Balaban J connectivity index is 2.11. The van der Waals surface area contributed by atoms with Gasteiger partial charge in [0.15, 0.2) is 0 Å². The Morgan fingerprint density at radius 2 is 1.95 bits per heavy atom. The lowest BCUT2D eigenvalue weighted by Crippen LogP contribution is -2.04. The first-order chi connectivity index (χ1) is 10.1. The predicted molar refractivity (Wildman–Crippen MR) is 85.3 cm³/mol. The van der Waals surface area contributed by atoms with Gasteiger partial charge in [-0.3, -0.25) is 10.1 Å². The zero-order valence-electron chi connectivity index (χ0n) is 11.5. The van der Waals surface area contributed by atoms with Gasteiger partial charge in [0.1, 0.15) is 0 Å². The monoisotopic (exact) mass is 350 g/mol. The van der Waals surface area contributed by atoms with Crippen LogP contribution in [0.25, 0.3) is 0 Å². The van der Waals surface area contributed by atoms with Crippen molar-refractivity contribution >= 4 is 27.3 Å². The van der Waals surface area contributed by atoms with Crippen LogP contribution in [0.5, 0.6) is 0 Å². The molecule has 5 nitrogen and oxygen atoms in total. The highest BCUT2D eigenvalue weighted by Crippen LogP contribution is 2.27. The van der Waals surface area contributed by atoms with Gasteiger partial charge in [0, 0.05) is 35.9 Å². The molecule has 0 saturated heterocycles. The van der Waals surface area contributed by atoms with E-state index in [4.69, 9.17) is 4.74 Å². The summed E-state index contributed by atoms with van der Waals surface area (Å²) in [4.78, 5) is 10.3. The van der Waals surface area contributed by atoms with Gasteiger partial charge in [0.25, 0.3) is 5.69 Å². The third kappa shape index (κ3) is 4.03. The largest absolute Gasteiger partial charge is 0.380 e.